The van der Waals surface area contributed by atoms with E-state index in [1.54, 1.807) is 0 Å². The van der Waals surface area contributed by atoms with Crippen LogP contribution in [0.3, 0.4) is 0 Å². The molecule has 45 heavy (non-hydrogen) atoms. The number of phenols is 1. The third-order valence-electron chi connectivity index (χ3n) is 9.10. The second-order valence-electron chi connectivity index (χ2n) is 12.2. The Morgan fingerprint density at radius 2 is 1.11 bits per heavy atom. The van der Waals surface area contributed by atoms with E-state index in [0.29, 0.717) is 18.8 Å². The number of hydrogen-bond donors (Lipinski definition) is 1. The van der Waals surface area contributed by atoms with E-state index >= 15 is 0 Å². The molecule has 3 aliphatic heterocycles. The highest BCUT2D eigenvalue weighted by Gasteiger charge is 2.26. The predicted molar refractivity (Wildman–Crippen MR) is 172 cm³/mol. The molecule has 0 aliphatic carbocycles. The smallest absolute Gasteiger partial charge is 0.124 e. The van der Waals surface area contributed by atoms with Crippen LogP contribution in [0.25, 0.3) is 6.08 Å². The summed E-state index contributed by atoms with van der Waals surface area (Å²) in [5.41, 5.74) is 5.03. The zero-order chi connectivity index (χ0) is 31.0. The van der Waals surface area contributed by atoms with Crippen LogP contribution in [0.4, 0.5) is 8.78 Å². The average molecular weight is 619 g/mol. The zero-order valence-corrected chi connectivity index (χ0v) is 25.9. The highest BCUT2D eigenvalue weighted by Crippen LogP contribution is 2.31. The summed E-state index contributed by atoms with van der Waals surface area (Å²) in [6.07, 6.45) is 4.40. The van der Waals surface area contributed by atoms with Crippen molar-refractivity contribution in [3.05, 3.63) is 106 Å². The Kier molecular flexibility index (Phi) is 10.9. The molecule has 3 aromatic carbocycles. The largest absolute Gasteiger partial charge is 0.507 e. The number of phenolic OH excluding ortho intramolecular Hbond substituents is 1. The topological polar surface area (TPSA) is 51.7 Å². The molecule has 0 saturated carbocycles. The first-order valence-corrected chi connectivity index (χ1v) is 16.1. The minimum Gasteiger partial charge on any atom is -0.507 e. The molecule has 3 aliphatic rings. The molecule has 3 aromatic rings. The van der Waals surface area contributed by atoms with Crippen molar-refractivity contribution >= 4 is 6.08 Å². The van der Waals surface area contributed by atoms with Crippen molar-refractivity contribution in [1.29, 1.82) is 0 Å². The van der Waals surface area contributed by atoms with E-state index in [-0.39, 0.29) is 17.7 Å². The van der Waals surface area contributed by atoms with E-state index < -0.39 is 0 Å². The molecule has 3 heterocycles. The molecule has 3 fully saturated rings. The maximum Gasteiger partial charge on any atom is 0.124 e. The Balaban J connectivity index is 1.12. The lowest BCUT2D eigenvalue weighted by molar-refractivity contribution is 0.0327. The van der Waals surface area contributed by atoms with Crippen LogP contribution >= 0.6 is 0 Å². The van der Waals surface area contributed by atoms with Crippen molar-refractivity contribution in [2.24, 2.45) is 0 Å². The van der Waals surface area contributed by atoms with Crippen molar-refractivity contribution < 1.29 is 23.4 Å². The molecule has 0 spiro atoms. The first kappa shape index (κ1) is 31.8. The van der Waals surface area contributed by atoms with Gasteiger partial charge in [0.15, 0.2) is 0 Å². The van der Waals surface area contributed by atoms with Gasteiger partial charge >= 0.3 is 0 Å². The molecular formula is C36H44F2N4O3. The van der Waals surface area contributed by atoms with E-state index in [0.717, 1.165) is 113 Å². The van der Waals surface area contributed by atoms with E-state index in [9.17, 15) is 13.9 Å². The Bertz CT molecular complexity index is 1310. The molecule has 240 valence electrons. The van der Waals surface area contributed by atoms with Crippen LogP contribution in [0.2, 0.25) is 0 Å². The molecule has 0 atom stereocenters. The van der Waals surface area contributed by atoms with Gasteiger partial charge in [0, 0.05) is 83.1 Å². The van der Waals surface area contributed by atoms with Gasteiger partial charge in [-0.1, -0.05) is 36.4 Å². The first-order chi connectivity index (χ1) is 22.0. The van der Waals surface area contributed by atoms with Crippen molar-refractivity contribution in [1.82, 2.24) is 19.6 Å². The summed E-state index contributed by atoms with van der Waals surface area (Å²) >= 11 is 0. The van der Waals surface area contributed by atoms with Crippen LogP contribution in [0, 0.1) is 11.6 Å². The molecule has 0 bridgehead atoms. The number of aromatic hydroxyl groups is 1. The predicted octanol–water partition coefficient (Wildman–Crippen LogP) is 4.76. The fourth-order valence-corrected chi connectivity index (χ4v) is 6.57. The van der Waals surface area contributed by atoms with E-state index in [2.05, 4.69) is 43.9 Å². The van der Waals surface area contributed by atoms with Crippen molar-refractivity contribution in [3.8, 4) is 5.75 Å². The van der Waals surface area contributed by atoms with Crippen LogP contribution in [0.1, 0.15) is 33.9 Å². The van der Waals surface area contributed by atoms with Gasteiger partial charge in [0.05, 0.1) is 32.5 Å². The van der Waals surface area contributed by atoms with E-state index in [1.165, 1.54) is 24.3 Å². The molecule has 0 amide bonds. The van der Waals surface area contributed by atoms with Gasteiger partial charge in [-0.3, -0.25) is 19.6 Å². The highest BCUT2D eigenvalue weighted by molar-refractivity contribution is 5.56. The number of hydrogen-bond acceptors (Lipinski definition) is 7. The lowest BCUT2D eigenvalue weighted by atomic mass is 9.96. The second-order valence-corrected chi connectivity index (χ2v) is 12.2. The van der Waals surface area contributed by atoms with Gasteiger partial charge in [0.1, 0.15) is 17.4 Å². The van der Waals surface area contributed by atoms with Crippen LogP contribution < -0.4 is 0 Å². The molecule has 0 unspecified atom stereocenters. The van der Waals surface area contributed by atoms with Gasteiger partial charge in [-0.25, -0.2) is 8.78 Å². The summed E-state index contributed by atoms with van der Waals surface area (Å²) in [6.45, 7) is 12.1. The quantitative estimate of drug-likeness (QED) is 0.352. The molecule has 3 saturated heterocycles. The molecule has 6 rings (SSSR count). The Morgan fingerprint density at radius 1 is 0.644 bits per heavy atom. The van der Waals surface area contributed by atoms with Gasteiger partial charge in [0.25, 0.3) is 0 Å². The highest BCUT2D eigenvalue weighted by atomic mass is 19.1. The minimum atomic E-state index is -0.261. The molecular weight excluding hydrogens is 574 g/mol. The minimum absolute atomic E-state index is 0.0596. The van der Waals surface area contributed by atoms with Gasteiger partial charge in [-0.2, -0.15) is 0 Å². The molecule has 0 radical (unpaired) electrons. The standard InChI is InChI=1S/C36H44F2N4O3/c37-33-7-3-29(4-8-33)35(30-5-9-34(38)10-6-30)42-14-12-39(13-15-42)11-1-2-28-24-31(26-40-16-20-44-21-17-40)36(43)32(25-28)27-41-18-22-45-23-19-41/h1-10,24-25,35,43H,11-23,26-27H2. The third kappa shape index (κ3) is 8.55. The van der Waals surface area contributed by atoms with E-state index in [4.69, 9.17) is 9.47 Å². The lowest BCUT2D eigenvalue weighted by Crippen LogP contribution is -2.47. The maximum atomic E-state index is 13.7. The summed E-state index contributed by atoms with van der Waals surface area (Å²) in [5.74, 6) is -0.121. The monoisotopic (exact) mass is 618 g/mol. The SMILES string of the molecule is Oc1c(CN2CCOCC2)cc(C=CCN2CCN(C(c3ccc(F)cc3)c3ccc(F)cc3)CC2)cc1CN1CCOCC1. The van der Waals surface area contributed by atoms with Gasteiger partial charge in [-0.15, -0.1) is 0 Å². The van der Waals surface area contributed by atoms with Gasteiger partial charge in [0.2, 0.25) is 0 Å². The lowest BCUT2D eigenvalue weighted by Gasteiger charge is -2.39. The normalized spacial score (nSPS) is 19.5. The fourth-order valence-electron chi connectivity index (χ4n) is 6.57. The Morgan fingerprint density at radius 3 is 1.58 bits per heavy atom. The number of piperazine rings is 1. The number of morpholine rings is 2. The molecule has 9 heteroatoms. The number of ether oxygens (including phenoxy) is 2. The molecule has 0 aromatic heterocycles. The number of nitrogens with zero attached hydrogens (tertiary/aromatic N) is 4. The molecule has 1 N–H and O–H groups in total. The first-order valence-electron chi connectivity index (χ1n) is 16.1. The third-order valence-corrected chi connectivity index (χ3v) is 9.10. The maximum absolute atomic E-state index is 13.7. The summed E-state index contributed by atoms with van der Waals surface area (Å²) in [4.78, 5) is 9.52. The average Bonchev–Trinajstić information content (AvgIpc) is 3.07. The summed E-state index contributed by atoms with van der Waals surface area (Å²) in [7, 11) is 0. The Hall–Kier alpha value is -3.18. The van der Waals surface area contributed by atoms with Crippen molar-refractivity contribution in [2.45, 2.75) is 19.1 Å². The van der Waals surface area contributed by atoms with Crippen LogP contribution in [0.15, 0.2) is 66.7 Å². The number of rotatable bonds is 10. The number of benzene rings is 3. The van der Waals surface area contributed by atoms with Crippen LogP contribution in [0.5, 0.6) is 5.75 Å². The second kappa shape index (κ2) is 15.4. The van der Waals surface area contributed by atoms with Gasteiger partial charge < -0.3 is 14.6 Å². The van der Waals surface area contributed by atoms with Crippen molar-refractivity contribution in [2.75, 3.05) is 85.3 Å². The zero-order valence-electron chi connectivity index (χ0n) is 25.9. The number of halogens is 2. The fraction of sp³-hybridized carbons (Fsp3) is 0.444. The Labute approximate surface area is 265 Å². The van der Waals surface area contributed by atoms with Crippen LogP contribution in [-0.4, -0.2) is 110 Å². The van der Waals surface area contributed by atoms with Crippen LogP contribution in [-0.2, 0) is 22.6 Å². The van der Waals surface area contributed by atoms with Gasteiger partial charge in [-0.05, 0) is 53.1 Å². The summed E-state index contributed by atoms with van der Waals surface area (Å²) < 4.78 is 38.5. The molecule has 7 nitrogen and oxygen atoms in total. The van der Waals surface area contributed by atoms with E-state index in [1.807, 2.05) is 24.3 Å². The summed E-state index contributed by atoms with van der Waals surface area (Å²) in [6, 6.07) is 17.5. The van der Waals surface area contributed by atoms with Crippen molar-refractivity contribution in [3.63, 3.8) is 0 Å². The summed E-state index contributed by atoms with van der Waals surface area (Å²) in [5, 5.41) is 11.3.